The number of hydrogen-bond acceptors (Lipinski definition) is 5. The molecule has 3 rings (SSSR count). The quantitative estimate of drug-likeness (QED) is 0.789. The zero-order valence-electron chi connectivity index (χ0n) is 10.1. The summed E-state index contributed by atoms with van der Waals surface area (Å²) in [4.78, 5) is 9.42. The molecule has 0 fully saturated rings. The van der Waals surface area contributed by atoms with E-state index in [0.717, 1.165) is 21.7 Å². The van der Waals surface area contributed by atoms with E-state index in [9.17, 15) is 0 Å². The normalized spacial score (nSPS) is 10.6. The number of halogens is 1. The number of nitrogens with one attached hydrogen (secondary N) is 1. The Morgan fingerprint density at radius 1 is 1.26 bits per heavy atom. The molecule has 0 radical (unpaired) electrons. The summed E-state index contributed by atoms with van der Waals surface area (Å²) in [7, 11) is 1.62. The lowest BCUT2D eigenvalue weighted by Crippen LogP contribution is -1.97. The molecule has 3 aromatic rings. The average Bonchev–Trinajstić information content (AvgIpc) is 2.88. The Kier molecular flexibility index (Phi) is 3.23. The fraction of sp³-hybridized carbons (Fsp3) is 0.0769. The minimum absolute atomic E-state index is 0.638. The Bertz CT molecular complexity index is 729. The summed E-state index contributed by atoms with van der Waals surface area (Å²) < 4.78 is 5.30. The van der Waals surface area contributed by atoms with E-state index in [2.05, 4.69) is 15.3 Å². The number of rotatable bonds is 3. The number of nitrogens with zero attached hydrogens (tertiary/aromatic N) is 2. The summed E-state index contributed by atoms with van der Waals surface area (Å²) in [6.45, 7) is 0. The monoisotopic (exact) mass is 291 g/mol. The number of thiophene rings is 1. The van der Waals surface area contributed by atoms with Crippen molar-refractivity contribution in [2.24, 2.45) is 0 Å². The molecule has 0 amide bonds. The van der Waals surface area contributed by atoms with Gasteiger partial charge in [0.1, 0.15) is 22.7 Å². The zero-order valence-corrected chi connectivity index (χ0v) is 11.6. The summed E-state index contributed by atoms with van der Waals surface area (Å²) in [6, 6.07) is 7.39. The standard InChI is InChI=1S/C13H10ClN3OS/c1-18-11-3-2-8(14)6-10(11)17-12-9-4-5-19-13(9)16-7-15-12/h2-7H,1H3,(H,15,16,17). The fourth-order valence-corrected chi connectivity index (χ4v) is 2.70. The second-order valence-electron chi connectivity index (χ2n) is 3.83. The lowest BCUT2D eigenvalue weighted by molar-refractivity contribution is 0.417. The lowest BCUT2D eigenvalue weighted by atomic mass is 10.2. The number of fused-ring (bicyclic) bond motifs is 1. The van der Waals surface area contributed by atoms with E-state index in [-0.39, 0.29) is 0 Å². The molecule has 1 N–H and O–H groups in total. The molecule has 0 aliphatic heterocycles. The smallest absolute Gasteiger partial charge is 0.142 e. The summed E-state index contributed by atoms with van der Waals surface area (Å²) in [5.74, 6) is 1.46. The van der Waals surface area contributed by atoms with Crippen LogP contribution in [0, 0.1) is 0 Å². The second-order valence-corrected chi connectivity index (χ2v) is 5.16. The Labute approximate surface area is 119 Å². The van der Waals surface area contributed by atoms with Crippen molar-refractivity contribution in [3.8, 4) is 5.75 Å². The minimum atomic E-state index is 0.638. The van der Waals surface area contributed by atoms with Crippen LogP contribution in [0.1, 0.15) is 0 Å². The minimum Gasteiger partial charge on any atom is -0.495 e. The third-order valence-electron chi connectivity index (χ3n) is 2.68. The molecule has 2 heterocycles. The summed E-state index contributed by atoms with van der Waals surface area (Å²) in [6.07, 6.45) is 1.54. The van der Waals surface area contributed by atoms with Gasteiger partial charge in [0.25, 0.3) is 0 Å². The van der Waals surface area contributed by atoms with Crippen molar-refractivity contribution in [1.82, 2.24) is 9.97 Å². The van der Waals surface area contributed by atoms with E-state index in [0.29, 0.717) is 10.8 Å². The molecule has 0 aliphatic rings. The number of hydrogen-bond donors (Lipinski definition) is 1. The first-order valence-corrected chi connectivity index (χ1v) is 6.82. The maximum absolute atomic E-state index is 6.01. The van der Waals surface area contributed by atoms with Gasteiger partial charge in [0.15, 0.2) is 0 Å². The highest BCUT2D eigenvalue weighted by molar-refractivity contribution is 7.16. The van der Waals surface area contributed by atoms with E-state index in [4.69, 9.17) is 16.3 Å². The van der Waals surface area contributed by atoms with Gasteiger partial charge in [-0.1, -0.05) is 11.6 Å². The first-order chi connectivity index (χ1) is 9.28. The molecular weight excluding hydrogens is 282 g/mol. The van der Waals surface area contributed by atoms with Crippen molar-refractivity contribution < 1.29 is 4.74 Å². The van der Waals surface area contributed by atoms with Gasteiger partial charge in [-0.15, -0.1) is 11.3 Å². The van der Waals surface area contributed by atoms with Gasteiger partial charge in [0, 0.05) is 5.02 Å². The molecule has 1 aromatic carbocycles. The SMILES string of the molecule is COc1ccc(Cl)cc1Nc1ncnc2sccc12. The van der Waals surface area contributed by atoms with Crippen LogP contribution in [0.4, 0.5) is 11.5 Å². The Morgan fingerprint density at radius 2 is 2.16 bits per heavy atom. The molecule has 19 heavy (non-hydrogen) atoms. The van der Waals surface area contributed by atoms with Gasteiger partial charge in [-0.2, -0.15) is 0 Å². The summed E-state index contributed by atoms with van der Waals surface area (Å²) in [5.41, 5.74) is 0.779. The molecule has 0 bridgehead atoms. The molecule has 0 saturated heterocycles. The van der Waals surface area contributed by atoms with Gasteiger partial charge < -0.3 is 10.1 Å². The molecule has 96 valence electrons. The first-order valence-electron chi connectivity index (χ1n) is 5.56. The van der Waals surface area contributed by atoms with Gasteiger partial charge in [-0.3, -0.25) is 0 Å². The van der Waals surface area contributed by atoms with Crippen molar-refractivity contribution in [3.63, 3.8) is 0 Å². The highest BCUT2D eigenvalue weighted by Crippen LogP contribution is 2.32. The molecule has 0 unspecified atom stereocenters. The van der Waals surface area contributed by atoms with Crippen LogP contribution < -0.4 is 10.1 Å². The van der Waals surface area contributed by atoms with Gasteiger partial charge in [-0.25, -0.2) is 9.97 Å². The lowest BCUT2D eigenvalue weighted by Gasteiger charge is -2.11. The molecule has 0 saturated carbocycles. The molecule has 2 aromatic heterocycles. The van der Waals surface area contributed by atoms with Gasteiger partial charge in [0.2, 0.25) is 0 Å². The molecule has 0 spiro atoms. The number of ether oxygens (including phenoxy) is 1. The molecular formula is C13H10ClN3OS. The van der Waals surface area contributed by atoms with Crippen molar-refractivity contribution >= 4 is 44.7 Å². The van der Waals surface area contributed by atoms with Crippen LogP contribution in [-0.2, 0) is 0 Å². The van der Waals surface area contributed by atoms with Crippen LogP contribution in [-0.4, -0.2) is 17.1 Å². The van der Waals surface area contributed by atoms with Crippen LogP contribution in [0.3, 0.4) is 0 Å². The van der Waals surface area contributed by atoms with Gasteiger partial charge >= 0.3 is 0 Å². The topological polar surface area (TPSA) is 47.0 Å². The third-order valence-corrected chi connectivity index (χ3v) is 3.73. The number of methoxy groups -OCH3 is 1. The largest absolute Gasteiger partial charge is 0.495 e. The number of anilines is 2. The van der Waals surface area contributed by atoms with E-state index in [1.165, 1.54) is 6.33 Å². The first kappa shape index (κ1) is 12.2. The second kappa shape index (κ2) is 5.03. The van der Waals surface area contributed by atoms with Crippen molar-refractivity contribution in [3.05, 3.63) is 41.0 Å². The zero-order chi connectivity index (χ0) is 13.2. The summed E-state index contributed by atoms with van der Waals surface area (Å²) >= 11 is 7.59. The predicted octanol–water partition coefficient (Wildman–Crippen LogP) is 4.10. The van der Waals surface area contributed by atoms with E-state index >= 15 is 0 Å². The molecule has 4 nitrogen and oxygen atoms in total. The Hall–Kier alpha value is -1.85. The van der Waals surface area contributed by atoms with E-state index in [1.54, 1.807) is 30.6 Å². The van der Waals surface area contributed by atoms with Crippen LogP contribution in [0.25, 0.3) is 10.2 Å². The summed E-state index contributed by atoms with van der Waals surface area (Å²) in [5, 5.41) is 6.84. The number of aromatic nitrogens is 2. The average molecular weight is 292 g/mol. The van der Waals surface area contributed by atoms with Gasteiger partial charge in [-0.05, 0) is 29.6 Å². The Balaban J connectivity index is 2.05. The van der Waals surface area contributed by atoms with Crippen molar-refractivity contribution in [2.45, 2.75) is 0 Å². The molecule has 0 atom stereocenters. The predicted molar refractivity (Wildman–Crippen MR) is 78.7 cm³/mol. The van der Waals surface area contributed by atoms with Crippen LogP contribution in [0.15, 0.2) is 36.0 Å². The fourth-order valence-electron chi connectivity index (χ4n) is 1.80. The third kappa shape index (κ3) is 2.34. The van der Waals surface area contributed by atoms with Crippen molar-refractivity contribution in [1.29, 1.82) is 0 Å². The maximum atomic E-state index is 6.01. The van der Waals surface area contributed by atoms with Gasteiger partial charge in [0.05, 0.1) is 18.2 Å². The number of benzene rings is 1. The Morgan fingerprint density at radius 3 is 3.00 bits per heavy atom. The van der Waals surface area contributed by atoms with Crippen molar-refractivity contribution in [2.75, 3.05) is 12.4 Å². The molecule has 0 aliphatic carbocycles. The molecule has 6 heteroatoms. The van der Waals surface area contributed by atoms with Crippen LogP contribution in [0.5, 0.6) is 5.75 Å². The highest BCUT2D eigenvalue weighted by atomic mass is 35.5. The van der Waals surface area contributed by atoms with E-state index in [1.807, 2.05) is 17.5 Å². The van der Waals surface area contributed by atoms with Crippen LogP contribution >= 0.6 is 22.9 Å². The van der Waals surface area contributed by atoms with E-state index < -0.39 is 0 Å². The maximum Gasteiger partial charge on any atom is 0.142 e. The van der Waals surface area contributed by atoms with Crippen LogP contribution in [0.2, 0.25) is 5.02 Å². The highest BCUT2D eigenvalue weighted by Gasteiger charge is 2.08.